The van der Waals surface area contributed by atoms with Crippen molar-refractivity contribution in [1.29, 1.82) is 0 Å². The molecule has 11 heavy (non-hydrogen) atoms. The predicted octanol–water partition coefficient (Wildman–Crippen LogP) is 3.42. The molecule has 0 radical (unpaired) electrons. The molecule has 0 saturated heterocycles. The average Bonchev–Trinajstić information content (AvgIpc) is 1.87. The van der Waals surface area contributed by atoms with Crippen molar-refractivity contribution in [1.82, 2.24) is 0 Å². The topological polar surface area (TPSA) is 12.4 Å². The van der Waals surface area contributed by atoms with Gasteiger partial charge in [0.05, 0.1) is 0 Å². The number of allylic oxidation sites excluding steroid dienone is 1. The van der Waals surface area contributed by atoms with Gasteiger partial charge in [-0.2, -0.15) is 0 Å². The van der Waals surface area contributed by atoms with E-state index in [1.807, 2.05) is 6.20 Å². The highest BCUT2D eigenvalue weighted by Crippen LogP contribution is 1.96. The second kappa shape index (κ2) is 6.14. The van der Waals surface area contributed by atoms with Gasteiger partial charge in [-0.25, -0.2) is 0 Å². The number of aliphatic imine (C=N–C) groups is 1. The Morgan fingerprint density at radius 3 is 2.55 bits per heavy atom. The highest BCUT2D eigenvalue weighted by atomic mass is 14.7. The standard InChI is InChI=1S/C10H19N/c1-5-6-10(4)11-8-7-9(2)3/h7-9H,5-6H2,1-4H3/b8-7-,11-10+. The normalized spacial score (nSPS) is 13.4. The molecule has 0 N–H and O–H groups in total. The zero-order valence-corrected chi connectivity index (χ0v) is 8.09. The molecule has 64 valence electrons. The second-order valence-electron chi connectivity index (χ2n) is 3.20. The minimum atomic E-state index is 0.605. The van der Waals surface area contributed by atoms with Crippen molar-refractivity contribution in [3.05, 3.63) is 12.3 Å². The van der Waals surface area contributed by atoms with Crippen molar-refractivity contribution >= 4 is 5.71 Å². The van der Waals surface area contributed by atoms with Gasteiger partial charge in [0.15, 0.2) is 0 Å². The molecule has 1 nitrogen and oxygen atoms in total. The Bertz CT molecular complexity index is 143. The Morgan fingerprint density at radius 2 is 2.09 bits per heavy atom. The fourth-order valence-electron chi connectivity index (χ4n) is 0.769. The Hall–Kier alpha value is -0.590. The quantitative estimate of drug-likeness (QED) is 0.549. The lowest BCUT2D eigenvalue weighted by atomic mass is 10.2. The molecule has 1 heteroatoms. The van der Waals surface area contributed by atoms with E-state index in [0.29, 0.717) is 5.92 Å². The van der Waals surface area contributed by atoms with Gasteiger partial charge in [0.1, 0.15) is 0 Å². The van der Waals surface area contributed by atoms with Crippen molar-refractivity contribution < 1.29 is 0 Å². The number of nitrogens with zero attached hydrogens (tertiary/aromatic N) is 1. The zero-order valence-electron chi connectivity index (χ0n) is 8.09. The van der Waals surface area contributed by atoms with Gasteiger partial charge in [0.25, 0.3) is 0 Å². The van der Waals surface area contributed by atoms with Gasteiger partial charge in [-0.15, -0.1) is 0 Å². The zero-order chi connectivity index (χ0) is 8.69. The third-order valence-electron chi connectivity index (χ3n) is 1.38. The van der Waals surface area contributed by atoms with Crippen LogP contribution in [0.2, 0.25) is 0 Å². The maximum Gasteiger partial charge on any atom is 0.0229 e. The van der Waals surface area contributed by atoms with Crippen LogP contribution < -0.4 is 0 Å². The van der Waals surface area contributed by atoms with Gasteiger partial charge in [-0.1, -0.05) is 33.3 Å². The molecular weight excluding hydrogens is 134 g/mol. The summed E-state index contributed by atoms with van der Waals surface area (Å²) < 4.78 is 0. The fourth-order valence-corrected chi connectivity index (χ4v) is 0.769. The van der Waals surface area contributed by atoms with Gasteiger partial charge in [-0.05, 0) is 19.3 Å². The number of hydrogen-bond donors (Lipinski definition) is 0. The third-order valence-corrected chi connectivity index (χ3v) is 1.38. The molecule has 0 bridgehead atoms. The van der Waals surface area contributed by atoms with E-state index in [-0.39, 0.29) is 0 Å². The summed E-state index contributed by atoms with van der Waals surface area (Å²) >= 11 is 0. The summed E-state index contributed by atoms with van der Waals surface area (Å²) in [6.07, 6.45) is 6.32. The smallest absolute Gasteiger partial charge is 0.0229 e. The largest absolute Gasteiger partial charge is 0.266 e. The van der Waals surface area contributed by atoms with E-state index >= 15 is 0 Å². The molecule has 0 amide bonds. The van der Waals surface area contributed by atoms with Crippen molar-refractivity contribution in [2.45, 2.75) is 40.5 Å². The Kier molecular flexibility index (Phi) is 5.81. The summed E-state index contributed by atoms with van der Waals surface area (Å²) in [5.41, 5.74) is 1.23. The monoisotopic (exact) mass is 153 g/mol. The molecule has 0 aliphatic carbocycles. The van der Waals surface area contributed by atoms with Crippen molar-refractivity contribution in [2.75, 3.05) is 0 Å². The van der Waals surface area contributed by atoms with Crippen LogP contribution in [0.15, 0.2) is 17.3 Å². The van der Waals surface area contributed by atoms with E-state index in [0.717, 1.165) is 6.42 Å². The summed E-state index contributed by atoms with van der Waals surface area (Å²) in [6.45, 7) is 8.56. The molecule has 0 aromatic heterocycles. The second-order valence-corrected chi connectivity index (χ2v) is 3.20. The van der Waals surface area contributed by atoms with E-state index < -0.39 is 0 Å². The highest BCUT2D eigenvalue weighted by Gasteiger charge is 1.85. The minimum absolute atomic E-state index is 0.605. The van der Waals surface area contributed by atoms with Crippen LogP contribution in [0.3, 0.4) is 0 Å². The Balaban J connectivity index is 3.71. The number of rotatable bonds is 4. The van der Waals surface area contributed by atoms with Crippen LogP contribution in [0.25, 0.3) is 0 Å². The molecule has 0 aromatic rings. The third kappa shape index (κ3) is 7.31. The van der Waals surface area contributed by atoms with Crippen LogP contribution in [0, 0.1) is 5.92 Å². The summed E-state index contributed by atoms with van der Waals surface area (Å²) in [7, 11) is 0. The summed E-state index contributed by atoms with van der Waals surface area (Å²) in [5.74, 6) is 0.605. The molecule has 0 spiro atoms. The van der Waals surface area contributed by atoms with Gasteiger partial charge in [0.2, 0.25) is 0 Å². The van der Waals surface area contributed by atoms with Crippen LogP contribution in [0.1, 0.15) is 40.5 Å². The van der Waals surface area contributed by atoms with E-state index in [1.54, 1.807) is 0 Å². The summed E-state index contributed by atoms with van der Waals surface area (Å²) in [4.78, 5) is 4.29. The maximum atomic E-state index is 4.29. The van der Waals surface area contributed by atoms with Crippen molar-refractivity contribution in [2.24, 2.45) is 10.9 Å². The first kappa shape index (κ1) is 10.4. The van der Waals surface area contributed by atoms with Crippen LogP contribution in [0.5, 0.6) is 0 Å². The molecule has 0 atom stereocenters. The first-order chi connectivity index (χ1) is 5.16. The van der Waals surface area contributed by atoms with Gasteiger partial charge in [-0.3, -0.25) is 4.99 Å². The Labute approximate surface area is 70.2 Å². The molecule has 0 saturated carbocycles. The van der Waals surface area contributed by atoms with Crippen LogP contribution in [-0.2, 0) is 0 Å². The van der Waals surface area contributed by atoms with Crippen molar-refractivity contribution in [3.8, 4) is 0 Å². The molecular formula is C10H19N. The molecule has 0 fully saturated rings. The molecule has 0 unspecified atom stereocenters. The molecule has 0 aliphatic rings. The van der Waals surface area contributed by atoms with E-state index in [1.165, 1.54) is 12.1 Å². The lowest BCUT2D eigenvalue weighted by Gasteiger charge is -1.94. The molecule has 0 rings (SSSR count). The summed E-state index contributed by atoms with van der Waals surface area (Å²) in [6, 6.07) is 0. The van der Waals surface area contributed by atoms with Gasteiger partial charge < -0.3 is 0 Å². The first-order valence-corrected chi connectivity index (χ1v) is 4.36. The van der Waals surface area contributed by atoms with Gasteiger partial charge in [0, 0.05) is 11.9 Å². The predicted molar refractivity (Wildman–Crippen MR) is 52.0 cm³/mol. The summed E-state index contributed by atoms with van der Waals surface area (Å²) in [5, 5.41) is 0. The van der Waals surface area contributed by atoms with E-state index in [9.17, 15) is 0 Å². The Morgan fingerprint density at radius 1 is 1.45 bits per heavy atom. The maximum absolute atomic E-state index is 4.29. The van der Waals surface area contributed by atoms with E-state index in [2.05, 4.69) is 38.8 Å². The molecule has 0 aromatic carbocycles. The average molecular weight is 153 g/mol. The van der Waals surface area contributed by atoms with Crippen LogP contribution in [0.4, 0.5) is 0 Å². The van der Waals surface area contributed by atoms with Crippen molar-refractivity contribution in [3.63, 3.8) is 0 Å². The number of hydrogen-bond acceptors (Lipinski definition) is 1. The fraction of sp³-hybridized carbons (Fsp3) is 0.700. The molecule has 0 aliphatic heterocycles. The first-order valence-electron chi connectivity index (χ1n) is 4.36. The lowest BCUT2D eigenvalue weighted by Crippen LogP contribution is -1.87. The van der Waals surface area contributed by atoms with Gasteiger partial charge >= 0.3 is 0 Å². The van der Waals surface area contributed by atoms with Crippen LogP contribution in [-0.4, -0.2) is 5.71 Å². The van der Waals surface area contributed by atoms with Crippen LogP contribution >= 0.6 is 0 Å². The minimum Gasteiger partial charge on any atom is -0.266 e. The van der Waals surface area contributed by atoms with E-state index in [4.69, 9.17) is 0 Å². The highest BCUT2D eigenvalue weighted by molar-refractivity contribution is 5.82. The lowest BCUT2D eigenvalue weighted by molar-refractivity contribution is 0.829. The SMILES string of the molecule is CCC/C(C)=N/C=C\C(C)C. The molecule has 0 heterocycles.